The van der Waals surface area contributed by atoms with Crippen LogP contribution in [0.4, 0.5) is 22.0 Å². The quantitative estimate of drug-likeness (QED) is 0.235. The number of nitrogens with zero attached hydrogens (tertiary/aromatic N) is 4. The second kappa shape index (κ2) is 8.35. The van der Waals surface area contributed by atoms with Gasteiger partial charge in [-0.05, 0) is 30.3 Å². The van der Waals surface area contributed by atoms with Gasteiger partial charge < -0.3 is 4.98 Å². The zero-order valence-electron chi connectivity index (χ0n) is 16.4. The number of hydrogen-bond acceptors (Lipinski definition) is 4. The summed E-state index contributed by atoms with van der Waals surface area (Å²) in [4.78, 5) is 18.0. The summed E-state index contributed by atoms with van der Waals surface area (Å²) in [7, 11) is 0. The monoisotopic (exact) mass is 499 g/mol. The number of benzene rings is 1. The number of rotatable bonds is 5. The summed E-state index contributed by atoms with van der Waals surface area (Å²) < 4.78 is 69.3. The van der Waals surface area contributed by atoms with Crippen molar-refractivity contribution < 1.29 is 22.0 Å². The van der Waals surface area contributed by atoms with Crippen molar-refractivity contribution in [2.75, 3.05) is 0 Å². The summed E-state index contributed by atoms with van der Waals surface area (Å²) in [5.74, 6) is -3.64. The van der Waals surface area contributed by atoms with Gasteiger partial charge in [0.15, 0.2) is 17.2 Å². The Hall–Kier alpha value is -3.11. The zero-order chi connectivity index (χ0) is 24.0. The molecule has 3 aromatic heterocycles. The van der Waals surface area contributed by atoms with Crippen LogP contribution < -0.4 is 0 Å². The van der Waals surface area contributed by atoms with Crippen LogP contribution in [0.3, 0.4) is 0 Å². The average Bonchev–Trinajstić information content (AvgIpc) is 3.18. The van der Waals surface area contributed by atoms with E-state index in [9.17, 15) is 22.0 Å². The lowest BCUT2D eigenvalue weighted by molar-refractivity contribution is -0.139. The number of alkyl halides is 5. The first-order valence-electron chi connectivity index (χ1n) is 9.25. The maximum atomic E-state index is 14.0. The first-order chi connectivity index (χ1) is 15.5. The number of halogens is 7. The number of aromatic nitrogens is 5. The van der Waals surface area contributed by atoms with Crippen LogP contribution in [0.25, 0.3) is 33.9 Å². The maximum Gasteiger partial charge on any atom is 0.435 e. The van der Waals surface area contributed by atoms with E-state index in [4.69, 9.17) is 23.2 Å². The third-order valence-electron chi connectivity index (χ3n) is 4.60. The highest BCUT2D eigenvalue weighted by Crippen LogP contribution is 2.37. The van der Waals surface area contributed by atoms with Crippen LogP contribution in [0.1, 0.15) is 17.8 Å². The first-order valence-corrected chi connectivity index (χ1v) is 10.0. The summed E-state index contributed by atoms with van der Waals surface area (Å²) in [6.45, 7) is 3.27. The van der Waals surface area contributed by atoms with E-state index in [0.717, 1.165) is 18.3 Å². The Morgan fingerprint density at radius 1 is 1.00 bits per heavy atom. The molecule has 1 N–H and O–H groups in total. The Morgan fingerprint density at radius 3 is 2.39 bits per heavy atom. The van der Waals surface area contributed by atoms with Crippen molar-refractivity contribution in [1.29, 1.82) is 0 Å². The SMILES string of the molecule is C=CCC(F)(F)c1ccc(-c2nc(C(F)(F)F)c3[nH]c(-c4cc(Cl)ccc4Cl)nc3n2)cn1. The summed E-state index contributed by atoms with van der Waals surface area (Å²) in [6, 6.07) is 6.60. The summed E-state index contributed by atoms with van der Waals surface area (Å²) >= 11 is 12.1. The Kier molecular flexibility index (Phi) is 5.83. The van der Waals surface area contributed by atoms with Crippen LogP contribution in [0.2, 0.25) is 10.0 Å². The van der Waals surface area contributed by atoms with Crippen molar-refractivity contribution in [3.63, 3.8) is 0 Å². The van der Waals surface area contributed by atoms with Crippen LogP contribution in [0, 0.1) is 0 Å². The molecule has 0 atom stereocenters. The molecule has 0 fully saturated rings. The predicted molar refractivity (Wildman–Crippen MR) is 114 cm³/mol. The standard InChI is InChI=1S/C21H12Cl2F5N5/c1-2-7-20(24,25)14-6-3-10(9-29-14)17-31-16(21(26,27)28)15-19(32-17)33-18(30-15)12-8-11(22)4-5-13(12)23/h2-6,8-9H,1,7H2,(H,30,31,32,33). The minimum Gasteiger partial charge on any atom is -0.335 e. The van der Waals surface area contributed by atoms with Gasteiger partial charge in [-0.15, -0.1) is 6.58 Å². The molecule has 0 aliphatic rings. The van der Waals surface area contributed by atoms with Gasteiger partial charge in [0.25, 0.3) is 5.92 Å². The van der Waals surface area contributed by atoms with Crippen LogP contribution >= 0.6 is 23.2 Å². The molecule has 5 nitrogen and oxygen atoms in total. The van der Waals surface area contributed by atoms with Crippen molar-refractivity contribution in [3.8, 4) is 22.8 Å². The van der Waals surface area contributed by atoms with Gasteiger partial charge >= 0.3 is 6.18 Å². The highest BCUT2D eigenvalue weighted by molar-refractivity contribution is 6.35. The van der Waals surface area contributed by atoms with Crippen LogP contribution in [0.15, 0.2) is 49.2 Å². The van der Waals surface area contributed by atoms with Crippen molar-refractivity contribution in [2.24, 2.45) is 0 Å². The molecule has 12 heteroatoms. The summed E-state index contributed by atoms with van der Waals surface area (Å²) in [5, 5.41) is 0.512. The number of pyridine rings is 1. The average molecular weight is 500 g/mol. The predicted octanol–water partition coefficient (Wildman–Crippen LogP) is 7.08. The van der Waals surface area contributed by atoms with Crippen LogP contribution in [-0.4, -0.2) is 24.9 Å². The molecule has 0 aliphatic heterocycles. The van der Waals surface area contributed by atoms with Gasteiger partial charge in [0.1, 0.15) is 17.0 Å². The lowest BCUT2D eigenvalue weighted by Gasteiger charge is -2.13. The summed E-state index contributed by atoms with van der Waals surface area (Å²) in [5.41, 5.74) is -2.31. The van der Waals surface area contributed by atoms with E-state index in [2.05, 4.69) is 31.5 Å². The van der Waals surface area contributed by atoms with Crippen molar-refractivity contribution >= 4 is 34.4 Å². The van der Waals surface area contributed by atoms with Gasteiger partial charge in [-0.25, -0.2) is 15.0 Å². The van der Waals surface area contributed by atoms with E-state index in [-0.39, 0.29) is 33.4 Å². The first kappa shape index (κ1) is 23.1. The molecule has 0 saturated heterocycles. The Labute approximate surface area is 193 Å². The van der Waals surface area contributed by atoms with Gasteiger partial charge in [0.2, 0.25) is 0 Å². The third kappa shape index (κ3) is 4.53. The molecule has 0 unspecified atom stereocenters. The van der Waals surface area contributed by atoms with E-state index in [0.29, 0.717) is 5.02 Å². The van der Waals surface area contributed by atoms with Crippen molar-refractivity contribution in [2.45, 2.75) is 18.5 Å². The van der Waals surface area contributed by atoms with Gasteiger partial charge in [-0.3, -0.25) is 4.98 Å². The zero-order valence-corrected chi connectivity index (χ0v) is 17.9. The van der Waals surface area contributed by atoms with E-state index in [1.165, 1.54) is 24.3 Å². The smallest absolute Gasteiger partial charge is 0.335 e. The van der Waals surface area contributed by atoms with Crippen molar-refractivity contribution in [1.82, 2.24) is 24.9 Å². The highest BCUT2D eigenvalue weighted by atomic mass is 35.5. The molecule has 0 saturated carbocycles. The van der Waals surface area contributed by atoms with E-state index >= 15 is 0 Å². The minimum absolute atomic E-state index is 0.00545. The fourth-order valence-electron chi connectivity index (χ4n) is 3.07. The topological polar surface area (TPSA) is 67.3 Å². The molecule has 33 heavy (non-hydrogen) atoms. The highest BCUT2D eigenvalue weighted by Gasteiger charge is 2.37. The number of H-pyrrole nitrogens is 1. The van der Waals surface area contributed by atoms with Gasteiger partial charge in [0.05, 0.1) is 5.02 Å². The second-order valence-electron chi connectivity index (χ2n) is 6.93. The minimum atomic E-state index is -4.86. The molecule has 0 spiro atoms. The maximum absolute atomic E-state index is 14.0. The molecule has 1 aromatic carbocycles. The molecule has 3 heterocycles. The van der Waals surface area contributed by atoms with E-state index < -0.39 is 35.4 Å². The molecular formula is C21H12Cl2F5N5. The number of nitrogens with one attached hydrogen (secondary N) is 1. The molecule has 4 aromatic rings. The number of fused-ring (bicyclic) bond motifs is 1. The molecular weight excluding hydrogens is 488 g/mol. The van der Waals surface area contributed by atoms with Gasteiger partial charge in [-0.1, -0.05) is 29.3 Å². The molecule has 0 aliphatic carbocycles. The third-order valence-corrected chi connectivity index (χ3v) is 5.16. The largest absolute Gasteiger partial charge is 0.435 e. The van der Waals surface area contributed by atoms with Crippen molar-refractivity contribution in [3.05, 3.63) is 70.6 Å². The van der Waals surface area contributed by atoms with Gasteiger partial charge in [0, 0.05) is 28.8 Å². The number of imidazole rings is 1. The number of hydrogen-bond donors (Lipinski definition) is 1. The van der Waals surface area contributed by atoms with Gasteiger partial charge in [-0.2, -0.15) is 22.0 Å². The number of allylic oxidation sites excluding steroid dienone is 1. The van der Waals surface area contributed by atoms with Crippen LogP contribution in [0.5, 0.6) is 0 Å². The lowest BCUT2D eigenvalue weighted by atomic mass is 10.1. The summed E-state index contributed by atoms with van der Waals surface area (Å²) in [6.07, 6.45) is -3.47. The lowest BCUT2D eigenvalue weighted by Crippen LogP contribution is -2.14. The molecule has 4 rings (SSSR count). The molecule has 170 valence electrons. The Balaban J connectivity index is 1.85. The molecule has 0 amide bonds. The van der Waals surface area contributed by atoms with E-state index in [1.807, 2.05) is 0 Å². The van der Waals surface area contributed by atoms with Crippen LogP contribution in [-0.2, 0) is 12.1 Å². The fourth-order valence-corrected chi connectivity index (χ4v) is 3.45. The Morgan fingerprint density at radius 2 is 1.76 bits per heavy atom. The normalized spacial score (nSPS) is 12.3. The Bertz CT molecular complexity index is 1350. The molecule has 0 bridgehead atoms. The molecule has 0 radical (unpaired) electrons. The van der Waals surface area contributed by atoms with E-state index in [1.54, 1.807) is 0 Å². The second-order valence-corrected chi connectivity index (χ2v) is 7.77. The fraction of sp³-hybridized carbons (Fsp3) is 0.143. The number of aromatic amines is 1.